The van der Waals surface area contributed by atoms with Crippen molar-refractivity contribution >= 4 is 18.4 Å². The van der Waals surface area contributed by atoms with Crippen LogP contribution in [0.15, 0.2) is 36.1 Å². The van der Waals surface area contributed by atoms with Gasteiger partial charge in [-0.3, -0.25) is 0 Å². The van der Waals surface area contributed by atoms with Gasteiger partial charge in [-0.2, -0.15) is 21.6 Å². The first-order chi connectivity index (χ1) is 14.6. The molecule has 0 bridgehead atoms. The van der Waals surface area contributed by atoms with Gasteiger partial charge < -0.3 is 18.1 Å². The first-order valence-electron chi connectivity index (χ1n) is 10.2. The van der Waals surface area contributed by atoms with E-state index in [0.717, 1.165) is 5.56 Å². The van der Waals surface area contributed by atoms with Crippen LogP contribution in [0.5, 0.6) is 5.75 Å². The highest BCUT2D eigenvalue weighted by Gasteiger charge is 2.51. The van der Waals surface area contributed by atoms with E-state index in [1.165, 1.54) is 13.2 Å². The van der Waals surface area contributed by atoms with Gasteiger partial charge in [-0.25, -0.2) is 0 Å². The molecule has 2 rings (SSSR count). The molecule has 0 saturated carbocycles. The third-order valence-corrected chi connectivity index (χ3v) is 11.2. The molecule has 0 spiro atoms. The minimum atomic E-state index is -5.83. The Morgan fingerprint density at radius 1 is 1.09 bits per heavy atom. The van der Waals surface area contributed by atoms with Crippen molar-refractivity contribution in [1.82, 2.24) is 0 Å². The van der Waals surface area contributed by atoms with Gasteiger partial charge in [-0.05, 0) is 54.7 Å². The van der Waals surface area contributed by atoms with E-state index in [9.17, 15) is 21.6 Å². The Bertz CT molecular complexity index is 905. The van der Waals surface area contributed by atoms with Crippen molar-refractivity contribution in [3.63, 3.8) is 0 Å². The maximum absolute atomic E-state index is 12.9. The van der Waals surface area contributed by atoms with Crippen LogP contribution in [0.4, 0.5) is 13.2 Å². The summed E-state index contributed by atoms with van der Waals surface area (Å²) in [6.07, 6.45) is 0.367. The average molecular weight is 497 g/mol. The summed E-state index contributed by atoms with van der Waals surface area (Å²) in [6.45, 7) is 10.2. The zero-order chi connectivity index (χ0) is 24.4. The Hall–Kier alpha value is -1.56. The number of rotatable bonds is 8. The summed E-state index contributed by atoms with van der Waals surface area (Å²) in [4.78, 5) is 0. The summed E-state index contributed by atoms with van der Waals surface area (Å²) >= 11 is 0. The molecular formula is C21H31F3O6SSi. The standard InChI is InChI=1S/C21H31F3O6SSi/c1-20(2,3)32(5,6)30-18-9-7-8-17(29-31(25,26)21(22,23)24)19(18)28-14-15-10-12-16(27-4)13-11-15/h8,10-13,18-19H,7,9,14H2,1-6H3/t18-,19-/m1/s1. The third-order valence-electron chi connectivity index (χ3n) is 5.75. The van der Waals surface area contributed by atoms with Gasteiger partial charge in [0.15, 0.2) is 8.32 Å². The van der Waals surface area contributed by atoms with Crippen LogP contribution in [0.1, 0.15) is 39.2 Å². The first-order valence-corrected chi connectivity index (χ1v) is 14.5. The molecule has 0 fully saturated rings. The molecule has 0 N–H and O–H groups in total. The zero-order valence-corrected chi connectivity index (χ0v) is 21.0. The van der Waals surface area contributed by atoms with Crippen LogP contribution in [-0.4, -0.2) is 41.6 Å². The molecule has 0 aromatic heterocycles. The molecule has 0 unspecified atom stereocenters. The van der Waals surface area contributed by atoms with Gasteiger partial charge in [0.2, 0.25) is 0 Å². The lowest BCUT2D eigenvalue weighted by Crippen LogP contribution is -2.49. The second-order valence-electron chi connectivity index (χ2n) is 9.16. The van der Waals surface area contributed by atoms with Crippen molar-refractivity contribution in [2.24, 2.45) is 0 Å². The number of ether oxygens (including phenoxy) is 2. The number of benzene rings is 1. The number of alkyl halides is 3. The van der Waals surface area contributed by atoms with Gasteiger partial charge in [-0.1, -0.05) is 32.9 Å². The fourth-order valence-electron chi connectivity index (χ4n) is 2.87. The normalized spacial score (nSPS) is 20.6. The van der Waals surface area contributed by atoms with E-state index in [2.05, 4.69) is 4.18 Å². The molecule has 6 nitrogen and oxygen atoms in total. The fourth-order valence-corrected chi connectivity index (χ4v) is 4.73. The number of methoxy groups -OCH3 is 1. The topological polar surface area (TPSA) is 71.1 Å². The van der Waals surface area contributed by atoms with Crippen molar-refractivity contribution < 1.29 is 39.7 Å². The van der Waals surface area contributed by atoms with E-state index in [1.807, 2.05) is 33.9 Å². The first kappa shape index (κ1) is 26.7. The zero-order valence-electron chi connectivity index (χ0n) is 19.2. The quantitative estimate of drug-likeness (QED) is 0.268. The molecule has 1 aromatic carbocycles. The maximum Gasteiger partial charge on any atom is 0.534 e. The molecule has 1 aliphatic carbocycles. The smallest absolute Gasteiger partial charge is 0.497 e. The molecule has 2 atom stereocenters. The monoisotopic (exact) mass is 496 g/mol. The van der Waals surface area contributed by atoms with Gasteiger partial charge >= 0.3 is 15.6 Å². The molecule has 0 heterocycles. The van der Waals surface area contributed by atoms with Crippen LogP contribution in [0.25, 0.3) is 0 Å². The lowest BCUT2D eigenvalue weighted by atomic mass is 10.00. The molecular weight excluding hydrogens is 465 g/mol. The van der Waals surface area contributed by atoms with Gasteiger partial charge in [0.1, 0.15) is 17.6 Å². The fraction of sp³-hybridized carbons (Fsp3) is 0.619. The van der Waals surface area contributed by atoms with Crippen LogP contribution in [0.3, 0.4) is 0 Å². The summed E-state index contributed by atoms with van der Waals surface area (Å²) < 4.78 is 84.1. The highest BCUT2D eigenvalue weighted by Crippen LogP contribution is 2.40. The summed E-state index contributed by atoms with van der Waals surface area (Å²) in [7, 11) is -6.62. The van der Waals surface area contributed by atoms with Gasteiger partial charge in [0.25, 0.3) is 0 Å². The Labute approximate surface area is 188 Å². The maximum atomic E-state index is 12.9. The minimum absolute atomic E-state index is 0.0266. The van der Waals surface area contributed by atoms with Crippen LogP contribution in [-0.2, 0) is 30.1 Å². The van der Waals surface area contributed by atoms with Crippen molar-refractivity contribution in [2.45, 2.75) is 76.1 Å². The van der Waals surface area contributed by atoms with Crippen LogP contribution < -0.4 is 4.74 Å². The van der Waals surface area contributed by atoms with E-state index in [-0.39, 0.29) is 11.6 Å². The van der Waals surface area contributed by atoms with Gasteiger partial charge in [0, 0.05) is 0 Å². The molecule has 0 amide bonds. The summed E-state index contributed by atoms with van der Waals surface area (Å²) in [5, 5.41) is -0.159. The minimum Gasteiger partial charge on any atom is -0.497 e. The molecule has 0 aliphatic heterocycles. The van der Waals surface area contributed by atoms with E-state index in [1.54, 1.807) is 24.3 Å². The second kappa shape index (κ2) is 9.74. The largest absolute Gasteiger partial charge is 0.534 e. The van der Waals surface area contributed by atoms with Crippen LogP contribution in [0.2, 0.25) is 18.1 Å². The van der Waals surface area contributed by atoms with Crippen LogP contribution in [0, 0.1) is 0 Å². The van der Waals surface area contributed by atoms with Crippen molar-refractivity contribution in [2.75, 3.05) is 7.11 Å². The molecule has 0 saturated heterocycles. The number of halogens is 3. The molecule has 182 valence electrons. The number of hydrogen-bond acceptors (Lipinski definition) is 6. The Kier molecular flexibility index (Phi) is 8.12. The lowest BCUT2D eigenvalue weighted by Gasteiger charge is -2.42. The van der Waals surface area contributed by atoms with E-state index in [0.29, 0.717) is 18.6 Å². The highest BCUT2D eigenvalue weighted by atomic mass is 32.2. The molecule has 1 aliphatic rings. The van der Waals surface area contributed by atoms with Crippen LogP contribution >= 0.6 is 0 Å². The molecule has 11 heteroatoms. The Balaban J connectivity index is 2.31. The number of allylic oxidation sites excluding steroid dienone is 1. The Morgan fingerprint density at radius 2 is 1.69 bits per heavy atom. The van der Waals surface area contributed by atoms with Gasteiger partial charge in [0.05, 0.1) is 19.8 Å². The SMILES string of the molecule is COc1ccc(CO[C@@H]2C(OS(=O)(=O)C(F)(F)F)=CCC[C@H]2O[Si](C)(C)C(C)(C)C)cc1. The average Bonchev–Trinajstić information content (AvgIpc) is 2.65. The van der Waals surface area contributed by atoms with E-state index >= 15 is 0 Å². The third kappa shape index (κ3) is 6.49. The highest BCUT2D eigenvalue weighted by molar-refractivity contribution is 7.87. The predicted octanol–water partition coefficient (Wildman–Crippen LogP) is 5.51. The Morgan fingerprint density at radius 3 is 2.19 bits per heavy atom. The summed E-state index contributed by atoms with van der Waals surface area (Å²) in [6, 6.07) is 6.96. The summed E-state index contributed by atoms with van der Waals surface area (Å²) in [5.74, 6) is 0.247. The molecule has 32 heavy (non-hydrogen) atoms. The van der Waals surface area contributed by atoms with Crippen molar-refractivity contribution in [1.29, 1.82) is 0 Å². The lowest BCUT2D eigenvalue weighted by molar-refractivity contribution is -0.0633. The van der Waals surface area contributed by atoms with Gasteiger partial charge in [-0.15, -0.1) is 0 Å². The van der Waals surface area contributed by atoms with E-state index < -0.39 is 41.9 Å². The molecule has 0 radical (unpaired) electrons. The molecule has 1 aromatic rings. The van der Waals surface area contributed by atoms with Crippen molar-refractivity contribution in [3.8, 4) is 5.75 Å². The van der Waals surface area contributed by atoms with Crippen molar-refractivity contribution in [3.05, 3.63) is 41.7 Å². The predicted molar refractivity (Wildman–Crippen MR) is 117 cm³/mol. The van der Waals surface area contributed by atoms with E-state index in [4.69, 9.17) is 13.9 Å². The second-order valence-corrected chi connectivity index (χ2v) is 15.5. The number of hydrogen-bond donors (Lipinski definition) is 0. The summed E-state index contributed by atoms with van der Waals surface area (Å²) in [5.41, 5.74) is -4.80.